The van der Waals surface area contributed by atoms with E-state index >= 15 is 0 Å². The zero-order valence-corrected chi connectivity index (χ0v) is 13.7. The van der Waals surface area contributed by atoms with Gasteiger partial charge in [-0.05, 0) is 31.4 Å². The minimum Gasteiger partial charge on any atom is -0.508 e. The van der Waals surface area contributed by atoms with E-state index < -0.39 is 0 Å². The molecule has 1 aromatic carbocycles. The van der Waals surface area contributed by atoms with Crippen LogP contribution in [0, 0.1) is 0 Å². The third kappa shape index (κ3) is 4.26. The minimum absolute atomic E-state index is 0.00929. The van der Waals surface area contributed by atoms with Gasteiger partial charge in [0.15, 0.2) is 0 Å². The van der Waals surface area contributed by atoms with Crippen molar-refractivity contribution in [2.75, 3.05) is 11.9 Å². The molecule has 0 radical (unpaired) electrons. The van der Waals surface area contributed by atoms with Crippen LogP contribution in [0.5, 0.6) is 5.75 Å². The number of amides is 2. The number of phenols is 1. The van der Waals surface area contributed by atoms with Gasteiger partial charge >= 0.3 is 0 Å². The van der Waals surface area contributed by atoms with E-state index in [-0.39, 0.29) is 42.0 Å². The number of benzene rings is 1. The van der Waals surface area contributed by atoms with Crippen molar-refractivity contribution in [2.24, 2.45) is 0 Å². The number of anilines is 1. The second-order valence-corrected chi connectivity index (χ2v) is 6.77. The first-order chi connectivity index (χ1) is 11.5. The van der Waals surface area contributed by atoms with Crippen LogP contribution >= 0.6 is 0 Å². The SMILES string of the molecule is O=C(CCC(=O)N[C@@H]1COC2(CCCC2)C1)Nc1cccc(O)c1. The molecule has 0 bridgehead atoms. The maximum atomic E-state index is 12.0. The summed E-state index contributed by atoms with van der Waals surface area (Å²) in [5, 5.41) is 15.0. The second kappa shape index (κ2) is 7.21. The number of nitrogens with one attached hydrogen (secondary N) is 2. The summed E-state index contributed by atoms with van der Waals surface area (Å²) in [5.74, 6) is -0.275. The molecule has 1 aliphatic heterocycles. The number of carbonyl (C=O) groups is 2. The predicted molar refractivity (Wildman–Crippen MR) is 89.7 cm³/mol. The van der Waals surface area contributed by atoms with E-state index in [4.69, 9.17) is 4.74 Å². The second-order valence-electron chi connectivity index (χ2n) is 6.77. The molecule has 24 heavy (non-hydrogen) atoms. The Labute approximate surface area is 141 Å². The Bertz CT molecular complexity index is 611. The van der Waals surface area contributed by atoms with Crippen molar-refractivity contribution in [1.82, 2.24) is 5.32 Å². The first-order valence-electron chi connectivity index (χ1n) is 8.57. The summed E-state index contributed by atoms with van der Waals surface area (Å²) in [7, 11) is 0. The Morgan fingerprint density at radius 2 is 1.96 bits per heavy atom. The van der Waals surface area contributed by atoms with Crippen molar-refractivity contribution >= 4 is 17.5 Å². The molecule has 130 valence electrons. The lowest BCUT2D eigenvalue weighted by atomic mass is 9.96. The van der Waals surface area contributed by atoms with Crippen molar-refractivity contribution in [2.45, 2.75) is 56.6 Å². The van der Waals surface area contributed by atoms with Crippen molar-refractivity contribution in [1.29, 1.82) is 0 Å². The molecule has 1 atom stereocenters. The molecule has 2 amide bonds. The summed E-state index contributed by atoms with van der Waals surface area (Å²) in [5.41, 5.74) is 0.512. The molecule has 2 fully saturated rings. The van der Waals surface area contributed by atoms with Crippen LogP contribution in [0.25, 0.3) is 0 Å². The highest BCUT2D eigenvalue weighted by Crippen LogP contribution is 2.40. The molecule has 2 aliphatic rings. The molecule has 6 nitrogen and oxygen atoms in total. The highest BCUT2D eigenvalue weighted by Gasteiger charge is 2.42. The molecule has 1 saturated carbocycles. The van der Waals surface area contributed by atoms with Crippen molar-refractivity contribution in [3.8, 4) is 5.75 Å². The molecule has 3 N–H and O–H groups in total. The number of ether oxygens (including phenoxy) is 1. The van der Waals surface area contributed by atoms with Gasteiger partial charge in [-0.2, -0.15) is 0 Å². The lowest BCUT2D eigenvalue weighted by Gasteiger charge is -2.21. The summed E-state index contributed by atoms with van der Waals surface area (Å²) in [6.07, 6.45) is 5.73. The zero-order valence-electron chi connectivity index (χ0n) is 13.7. The predicted octanol–water partition coefficient (Wildman–Crippen LogP) is 2.33. The average molecular weight is 332 g/mol. The van der Waals surface area contributed by atoms with E-state index in [0.717, 1.165) is 19.3 Å². The van der Waals surface area contributed by atoms with E-state index in [9.17, 15) is 14.7 Å². The van der Waals surface area contributed by atoms with Crippen molar-refractivity contribution < 1.29 is 19.4 Å². The molecular weight excluding hydrogens is 308 g/mol. The maximum absolute atomic E-state index is 12.0. The van der Waals surface area contributed by atoms with Gasteiger partial charge in [-0.15, -0.1) is 0 Å². The zero-order chi connectivity index (χ0) is 17.0. The summed E-state index contributed by atoms with van der Waals surface area (Å²) >= 11 is 0. The summed E-state index contributed by atoms with van der Waals surface area (Å²) in [4.78, 5) is 23.9. The normalized spacial score (nSPS) is 21.8. The Kier molecular flexibility index (Phi) is 5.04. The largest absolute Gasteiger partial charge is 0.508 e. The van der Waals surface area contributed by atoms with Crippen LogP contribution in [0.3, 0.4) is 0 Å². The van der Waals surface area contributed by atoms with Crippen LogP contribution in [0.1, 0.15) is 44.9 Å². The van der Waals surface area contributed by atoms with Gasteiger partial charge in [0.1, 0.15) is 5.75 Å². The molecule has 1 aromatic rings. The monoisotopic (exact) mass is 332 g/mol. The van der Waals surface area contributed by atoms with Gasteiger partial charge in [-0.1, -0.05) is 18.9 Å². The summed E-state index contributed by atoms with van der Waals surface area (Å²) in [6, 6.07) is 6.40. The van der Waals surface area contributed by atoms with Gasteiger partial charge in [0, 0.05) is 24.6 Å². The Morgan fingerprint density at radius 3 is 2.71 bits per heavy atom. The van der Waals surface area contributed by atoms with Gasteiger partial charge in [-0.3, -0.25) is 9.59 Å². The number of rotatable bonds is 5. The van der Waals surface area contributed by atoms with Crippen LogP contribution in [-0.2, 0) is 14.3 Å². The molecule has 1 spiro atoms. The van der Waals surface area contributed by atoms with Crippen LogP contribution in [0.2, 0.25) is 0 Å². The molecule has 0 aromatic heterocycles. The third-order valence-corrected chi connectivity index (χ3v) is 4.80. The number of hydrogen-bond donors (Lipinski definition) is 3. The smallest absolute Gasteiger partial charge is 0.224 e. The number of carbonyl (C=O) groups excluding carboxylic acids is 2. The molecule has 6 heteroatoms. The number of aromatic hydroxyl groups is 1. The molecule has 1 heterocycles. The summed E-state index contributed by atoms with van der Waals surface area (Å²) in [6.45, 7) is 0.571. The first kappa shape index (κ1) is 16.8. The van der Waals surface area contributed by atoms with Gasteiger partial charge in [0.25, 0.3) is 0 Å². The Hall–Kier alpha value is -2.08. The minimum atomic E-state index is -0.245. The fourth-order valence-corrected chi connectivity index (χ4v) is 3.64. The van der Waals surface area contributed by atoms with Crippen LogP contribution in [0.4, 0.5) is 5.69 Å². The van der Waals surface area contributed by atoms with Crippen LogP contribution < -0.4 is 10.6 Å². The Balaban J connectivity index is 1.39. The standard InChI is InChI=1S/C18H24N2O4/c21-15-5-3-4-13(10-15)19-16(22)6-7-17(23)20-14-11-18(24-12-14)8-1-2-9-18/h3-5,10,14,21H,1-2,6-9,11-12H2,(H,19,22)(H,20,23)/t14-/m0/s1. The van der Waals surface area contributed by atoms with Gasteiger partial charge in [0.2, 0.25) is 11.8 Å². The van der Waals surface area contributed by atoms with Crippen LogP contribution in [-0.4, -0.2) is 35.2 Å². The quantitative estimate of drug-likeness (QED) is 0.772. The van der Waals surface area contributed by atoms with Crippen molar-refractivity contribution in [3.05, 3.63) is 24.3 Å². The highest BCUT2D eigenvalue weighted by molar-refractivity contribution is 5.93. The molecule has 1 saturated heterocycles. The highest BCUT2D eigenvalue weighted by atomic mass is 16.5. The lowest BCUT2D eigenvalue weighted by molar-refractivity contribution is -0.124. The number of phenolic OH excluding ortho intramolecular Hbond substituents is 1. The van der Waals surface area contributed by atoms with E-state index in [1.165, 1.54) is 25.0 Å². The fraction of sp³-hybridized carbons (Fsp3) is 0.556. The van der Waals surface area contributed by atoms with E-state index in [0.29, 0.717) is 12.3 Å². The molecular formula is C18H24N2O4. The molecule has 3 rings (SSSR count). The molecule has 0 unspecified atom stereocenters. The fourth-order valence-electron chi connectivity index (χ4n) is 3.64. The lowest BCUT2D eigenvalue weighted by Crippen LogP contribution is -2.36. The van der Waals surface area contributed by atoms with E-state index in [2.05, 4.69) is 10.6 Å². The maximum Gasteiger partial charge on any atom is 0.224 e. The average Bonchev–Trinajstić information content (AvgIpc) is 3.16. The van der Waals surface area contributed by atoms with E-state index in [1.807, 2.05) is 0 Å². The van der Waals surface area contributed by atoms with Gasteiger partial charge in [0.05, 0.1) is 18.2 Å². The number of hydrogen-bond acceptors (Lipinski definition) is 4. The van der Waals surface area contributed by atoms with E-state index in [1.54, 1.807) is 12.1 Å². The topological polar surface area (TPSA) is 87.7 Å². The third-order valence-electron chi connectivity index (χ3n) is 4.80. The van der Waals surface area contributed by atoms with Gasteiger partial charge in [-0.25, -0.2) is 0 Å². The van der Waals surface area contributed by atoms with Gasteiger partial charge < -0.3 is 20.5 Å². The van der Waals surface area contributed by atoms with Crippen molar-refractivity contribution in [3.63, 3.8) is 0 Å². The summed E-state index contributed by atoms with van der Waals surface area (Å²) < 4.78 is 5.91. The molecule has 1 aliphatic carbocycles. The Morgan fingerprint density at radius 1 is 1.21 bits per heavy atom. The first-order valence-corrected chi connectivity index (χ1v) is 8.57. The van der Waals surface area contributed by atoms with Crippen LogP contribution in [0.15, 0.2) is 24.3 Å².